The van der Waals surface area contributed by atoms with Crippen LogP contribution in [0.15, 0.2) is 12.2 Å². The minimum atomic E-state index is -1.57. The Bertz CT molecular complexity index is 791. The molecule has 0 radical (unpaired) electrons. The lowest BCUT2D eigenvalue weighted by Gasteiger charge is -2.47. The topological polar surface area (TPSA) is 144 Å². The first kappa shape index (κ1) is 35.4. The number of esters is 1. The van der Waals surface area contributed by atoms with E-state index in [2.05, 4.69) is 12.2 Å². The van der Waals surface area contributed by atoms with Crippen molar-refractivity contribution in [3.8, 4) is 0 Å². The van der Waals surface area contributed by atoms with Gasteiger partial charge in [-0.1, -0.05) is 64.5 Å². The number of hydrogen-bond acceptors (Lipinski definition) is 10. The molecule has 0 spiro atoms. The number of aliphatic hydroxyl groups is 4. The molecular formula is C32H56O10. The molecule has 11 atom stereocenters. The Labute approximate surface area is 251 Å². The molecule has 4 rings (SSSR count). The molecule has 10 nitrogen and oxygen atoms in total. The first-order chi connectivity index (χ1) is 20.3. The molecule has 0 aromatic heterocycles. The summed E-state index contributed by atoms with van der Waals surface area (Å²) in [6.07, 6.45) is 6.08. The number of fused-ring (bicyclic) bond motifs is 19. The summed E-state index contributed by atoms with van der Waals surface area (Å²) in [5, 5.41) is 43.6. The third-order valence-corrected chi connectivity index (χ3v) is 8.67. The Hall–Kier alpha value is -1.11. The molecule has 2 fully saturated rings. The van der Waals surface area contributed by atoms with Crippen molar-refractivity contribution in [2.45, 2.75) is 185 Å². The zero-order chi connectivity index (χ0) is 30.5. The van der Waals surface area contributed by atoms with Crippen LogP contribution < -0.4 is 0 Å². The fraction of sp³-hybridized carbons (Fsp3) is 0.906. The predicted molar refractivity (Wildman–Crippen MR) is 156 cm³/mol. The second-order valence-electron chi connectivity index (χ2n) is 12.1. The van der Waals surface area contributed by atoms with Gasteiger partial charge in [-0.05, 0) is 58.3 Å². The van der Waals surface area contributed by atoms with Crippen LogP contribution in [0, 0.1) is 0 Å². The molecule has 0 aromatic rings. The Morgan fingerprint density at radius 3 is 1.88 bits per heavy atom. The second kappa shape index (κ2) is 18.6. The Balaban J connectivity index is 1.72. The van der Waals surface area contributed by atoms with Crippen LogP contribution in [-0.4, -0.2) is 93.9 Å². The summed E-state index contributed by atoms with van der Waals surface area (Å²) < 4.78 is 29.8. The van der Waals surface area contributed by atoms with Gasteiger partial charge in [-0.2, -0.15) is 0 Å². The molecule has 0 aliphatic carbocycles. The molecule has 4 N–H and O–H groups in total. The maximum atomic E-state index is 12.6. The third kappa shape index (κ3) is 10.5. The Kier molecular flexibility index (Phi) is 15.7. The molecule has 244 valence electrons. The molecule has 0 aromatic carbocycles. The molecule has 2 bridgehead atoms. The van der Waals surface area contributed by atoms with Crippen molar-refractivity contribution >= 4 is 5.97 Å². The van der Waals surface area contributed by atoms with Gasteiger partial charge in [0.05, 0.1) is 12.2 Å². The lowest BCUT2D eigenvalue weighted by Crippen LogP contribution is -2.64. The number of allylic oxidation sites excluding steroid dienone is 2. The van der Waals surface area contributed by atoms with Gasteiger partial charge in [-0.25, -0.2) is 0 Å². The van der Waals surface area contributed by atoms with Crippen molar-refractivity contribution in [3.63, 3.8) is 0 Å². The van der Waals surface area contributed by atoms with Gasteiger partial charge < -0.3 is 44.1 Å². The largest absolute Gasteiger partial charge is 0.457 e. The van der Waals surface area contributed by atoms with Crippen LogP contribution in [0.5, 0.6) is 0 Å². The van der Waals surface area contributed by atoms with Gasteiger partial charge >= 0.3 is 5.97 Å². The quantitative estimate of drug-likeness (QED) is 0.271. The fourth-order valence-corrected chi connectivity index (χ4v) is 6.00. The van der Waals surface area contributed by atoms with E-state index in [9.17, 15) is 25.2 Å². The van der Waals surface area contributed by atoms with E-state index in [-0.39, 0.29) is 12.5 Å². The van der Waals surface area contributed by atoms with E-state index in [1.165, 1.54) is 0 Å². The first-order valence-electron chi connectivity index (χ1n) is 16.4. The number of carbonyl (C=O) groups excluding carboxylic acids is 1. The van der Waals surface area contributed by atoms with Crippen molar-refractivity contribution < 1.29 is 48.9 Å². The molecular weight excluding hydrogens is 544 g/mol. The maximum Gasteiger partial charge on any atom is 0.306 e. The standard InChI is InChI=1S/C32H56O10/c1-4-22-25(34)26(35)30-32(39-22)38-21(3)19-17-15-13-11-9-7-6-8-10-12-14-16-18-20-24(33)41-29-23(5-2)40-31(42-30)28(37)27(29)36/h6-7,21-23,25-32,34-37H,4-5,8-20H2,1-3H3/b7-6-. The zero-order valence-electron chi connectivity index (χ0n) is 25.9. The number of aliphatic hydroxyl groups excluding tert-OH is 4. The average Bonchev–Trinajstić information content (AvgIpc) is 2.97. The molecule has 42 heavy (non-hydrogen) atoms. The summed E-state index contributed by atoms with van der Waals surface area (Å²) in [7, 11) is 0. The van der Waals surface area contributed by atoms with Crippen LogP contribution in [0.2, 0.25) is 0 Å². The summed E-state index contributed by atoms with van der Waals surface area (Å²) in [5.74, 6) is -0.440. The monoisotopic (exact) mass is 600 g/mol. The van der Waals surface area contributed by atoms with Crippen LogP contribution in [0.1, 0.15) is 117 Å². The van der Waals surface area contributed by atoms with Gasteiger partial charge in [-0.15, -0.1) is 0 Å². The maximum absolute atomic E-state index is 12.6. The summed E-state index contributed by atoms with van der Waals surface area (Å²) in [6.45, 7) is 5.61. The van der Waals surface area contributed by atoms with E-state index in [1.54, 1.807) is 0 Å². The van der Waals surface area contributed by atoms with Crippen LogP contribution in [-0.2, 0) is 28.5 Å². The third-order valence-electron chi connectivity index (χ3n) is 8.67. The predicted octanol–water partition coefficient (Wildman–Crippen LogP) is 4.04. The van der Waals surface area contributed by atoms with Gasteiger partial charge in [0.1, 0.15) is 36.6 Å². The van der Waals surface area contributed by atoms with Gasteiger partial charge in [0.2, 0.25) is 0 Å². The highest BCUT2D eigenvalue weighted by Gasteiger charge is 2.51. The first-order valence-corrected chi connectivity index (χ1v) is 16.4. The van der Waals surface area contributed by atoms with Crippen molar-refractivity contribution in [1.82, 2.24) is 0 Å². The second-order valence-corrected chi connectivity index (χ2v) is 12.1. The fourth-order valence-electron chi connectivity index (χ4n) is 6.00. The van der Waals surface area contributed by atoms with E-state index >= 15 is 0 Å². The zero-order valence-corrected chi connectivity index (χ0v) is 25.9. The highest BCUT2D eigenvalue weighted by atomic mass is 16.8. The van der Waals surface area contributed by atoms with E-state index < -0.39 is 67.4 Å². The summed E-state index contributed by atoms with van der Waals surface area (Å²) in [6, 6.07) is 0. The van der Waals surface area contributed by atoms with Crippen LogP contribution in [0.4, 0.5) is 0 Å². The summed E-state index contributed by atoms with van der Waals surface area (Å²) in [4.78, 5) is 12.6. The molecule has 0 saturated carbocycles. The average molecular weight is 601 g/mol. The van der Waals surface area contributed by atoms with E-state index in [0.29, 0.717) is 19.3 Å². The highest BCUT2D eigenvalue weighted by molar-refractivity contribution is 5.69. The molecule has 2 saturated heterocycles. The summed E-state index contributed by atoms with van der Waals surface area (Å²) >= 11 is 0. The number of ether oxygens (including phenoxy) is 5. The van der Waals surface area contributed by atoms with Crippen molar-refractivity contribution in [2.24, 2.45) is 0 Å². The Morgan fingerprint density at radius 1 is 0.643 bits per heavy atom. The lowest BCUT2D eigenvalue weighted by atomic mass is 9.95. The minimum absolute atomic E-state index is 0.200. The highest BCUT2D eigenvalue weighted by Crippen LogP contribution is 2.33. The van der Waals surface area contributed by atoms with Gasteiger partial charge in [0, 0.05) is 6.42 Å². The van der Waals surface area contributed by atoms with E-state index in [0.717, 1.165) is 70.6 Å². The van der Waals surface area contributed by atoms with Crippen LogP contribution in [0.25, 0.3) is 0 Å². The normalized spacial score (nSPS) is 41.9. The molecule has 0 amide bonds. The van der Waals surface area contributed by atoms with E-state index in [4.69, 9.17) is 23.7 Å². The van der Waals surface area contributed by atoms with Crippen LogP contribution >= 0.6 is 0 Å². The molecule has 4 heterocycles. The smallest absolute Gasteiger partial charge is 0.306 e. The number of carbonyl (C=O) groups is 1. The van der Waals surface area contributed by atoms with Crippen molar-refractivity contribution in [3.05, 3.63) is 12.2 Å². The Morgan fingerprint density at radius 2 is 1.21 bits per heavy atom. The molecule has 4 aliphatic rings. The molecule has 11 unspecified atom stereocenters. The summed E-state index contributed by atoms with van der Waals surface area (Å²) in [5.41, 5.74) is 0. The number of rotatable bonds is 2. The van der Waals surface area contributed by atoms with Crippen molar-refractivity contribution in [2.75, 3.05) is 0 Å². The molecule has 4 aliphatic heterocycles. The van der Waals surface area contributed by atoms with Gasteiger partial charge in [0.25, 0.3) is 0 Å². The number of hydrogen-bond donors (Lipinski definition) is 4. The van der Waals surface area contributed by atoms with Crippen LogP contribution in [0.3, 0.4) is 0 Å². The molecule has 10 heteroatoms. The lowest BCUT2D eigenvalue weighted by molar-refractivity contribution is -0.368. The SMILES string of the molecule is CCC1OC2OC(C)CCCCCC/C=C\CCCCCCCC(=O)OC3C(CC)OC(OC2C(O)C1O)C(O)C3O. The minimum Gasteiger partial charge on any atom is -0.457 e. The van der Waals surface area contributed by atoms with Gasteiger partial charge in [0.15, 0.2) is 18.7 Å². The van der Waals surface area contributed by atoms with Gasteiger partial charge in [-0.3, -0.25) is 4.79 Å². The van der Waals surface area contributed by atoms with Crippen molar-refractivity contribution in [1.29, 1.82) is 0 Å². The van der Waals surface area contributed by atoms with E-state index in [1.807, 2.05) is 20.8 Å².